The van der Waals surface area contributed by atoms with Crippen molar-refractivity contribution >= 4 is 25.7 Å². The zero-order valence-corrected chi connectivity index (χ0v) is 16.8. The van der Waals surface area contributed by atoms with Gasteiger partial charge >= 0.3 is 98.3 Å². The van der Waals surface area contributed by atoms with Gasteiger partial charge in [-0.2, -0.15) is 0 Å². The molecule has 0 rings (SSSR count). The quantitative estimate of drug-likeness (QED) is 0.469. The van der Waals surface area contributed by atoms with E-state index in [1.54, 1.807) is 0 Å². The molecule has 0 aliphatic heterocycles. The molecule has 3 atom stereocenters. The van der Waals surface area contributed by atoms with E-state index in [1.165, 1.54) is 26.2 Å². The van der Waals surface area contributed by atoms with Crippen molar-refractivity contribution in [2.24, 2.45) is 0 Å². The van der Waals surface area contributed by atoms with E-state index >= 15 is 0 Å². The summed E-state index contributed by atoms with van der Waals surface area (Å²) in [4.78, 5) is 9.60. The Bertz CT molecular complexity index is 228. The summed E-state index contributed by atoms with van der Waals surface area (Å²) in [6, 6.07) is 0. The van der Waals surface area contributed by atoms with Gasteiger partial charge in [-0.25, -0.2) is 4.79 Å². The van der Waals surface area contributed by atoms with Crippen LogP contribution in [0.25, 0.3) is 0 Å². The van der Waals surface area contributed by atoms with Crippen LogP contribution in [-0.4, -0.2) is 30.8 Å². The zero-order chi connectivity index (χ0) is 15.6. The molecule has 19 heavy (non-hydrogen) atoms. The van der Waals surface area contributed by atoms with Gasteiger partial charge in [-0.1, -0.05) is 6.58 Å². The molecule has 0 aromatic rings. The molecular formula is C16H33O2Sn. The van der Waals surface area contributed by atoms with Gasteiger partial charge in [0, 0.05) is 5.57 Å². The van der Waals surface area contributed by atoms with E-state index in [4.69, 9.17) is 5.11 Å². The molecule has 0 aliphatic carbocycles. The number of hydrogen-bond acceptors (Lipinski definition) is 1. The molecule has 0 aliphatic rings. The molecule has 3 heteroatoms. The molecule has 0 heterocycles. The van der Waals surface area contributed by atoms with Gasteiger partial charge in [-0.15, -0.1) is 0 Å². The van der Waals surface area contributed by atoms with Gasteiger partial charge < -0.3 is 5.11 Å². The van der Waals surface area contributed by atoms with Crippen LogP contribution in [0, 0.1) is 0 Å². The molecule has 0 fully saturated rings. The molecule has 1 N–H and O–H groups in total. The molecular weight excluding hydrogens is 343 g/mol. The second-order valence-corrected chi connectivity index (χ2v) is 16.8. The average Bonchev–Trinajstić information content (AvgIpc) is 2.38. The van der Waals surface area contributed by atoms with Crippen molar-refractivity contribution in [3.8, 4) is 0 Å². The predicted molar refractivity (Wildman–Crippen MR) is 87.3 cm³/mol. The number of rotatable bonds is 7. The molecule has 0 saturated carbocycles. The van der Waals surface area contributed by atoms with E-state index in [2.05, 4.69) is 48.1 Å². The van der Waals surface area contributed by atoms with Gasteiger partial charge in [0.2, 0.25) is 0 Å². The van der Waals surface area contributed by atoms with E-state index in [0.717, 1.165) is 11.8 Å². The van der Waals surface area contributed by atoms with E-state index in [-0.39, 0.29) is 5.57 Å². The fourth-order valence-electron chi connectivity index (χ4n) is 2.16. The standard InChI is InChI=1S/C4H6O2.3C4H9.Sn/c1-3(2)4(5)6;3*1-3-4-2;/h1H2,2H3,(H,5,6);3*3H,4H2,1-2H3;. The van der Waals surface area contributed by atoms with Crippen LogP contribution in [0.4, 0.5) is 0 Å². The Morgan fingerprint density at radius 3 is 1.32 bits per heavy atom. The van der Waals surface area contributed by atoms with Crippen molar-refractivity contribution in [3.05, 3.63) is 12.2 Å². The Morgan fingerprint density at radius 2 is 1.21 bits per heavy atom. The first kappa shape index (κ1) is 21.3. The SMILES string of the molecule is C=C(C)C(=O)O.CC[CH](C)[Sn]([CH](C)CC)[CH](C)CC. The van der Waals surface area contributed by atoms with Crippen molar-refractivity contribution in [2.75, 3.05) is 0 Å². The van der Waals surface area contributed by atoms with Crippen LogP contribution in [0.3, 0.4) is 0 Å². The summed E-state index contributed by atoms with van der Waals surface area (Å²) in [5.41, 5.74) is 0.176. The van der Waals surface area contributed by atoms with Crippen LogP contribution in [0.15, 0.2) is 12.2 Å². The van der Waals surface area contributed by atoms with E-state index < -0.39 is 25.7 Å². The first-order chi connectivity index (χ1) is 8.72. The maximum absolute atomic E-state index is 9.60. The summed E-state index contributed by atoms with van der Waals surface area (Å²) < 4.78 is 3.27. The molecule has 113 valence electrons. The molecule has 0 aromatic heterocycles. The molecule has 1 radical (unpaired) electrons. The minimum absolute atomic E-state index is 0.176. The zero-order valence-electron chi connectivity index (χ0n) is 13.9. The number of aliphatic carboxylic acids is 1. The van der Waals surface area contributed by atoms with Crippen molar-refractivity contribution in [1.29, 1.82) is 0 Å². The summed E-state index contributed by atoms with van der Waals surface area (Å²) in [6.07, 6.45) is 4.26. The normalized spacial score (nSPS) is 15.2. The number of carbonyl (C=O) groups is 1. The summed E-state index contributed by atoms with van der Waals surface area (Å²) in [5.74, 6) is -0.935. The van der Waals surface area contributed by atoms with Crippen molar-refractivity contribution in [3.63, 3.8) is 0 Å². The van der Waals surface area contributed by atoms with Gasteiger partial charge in [0.1, 0.15) is 0 Å². The van der Waals surface area contributed by atoms with Crippen molar-refractivity contribution in [1.82, 2.24) is 0 Å². The molecule has 3 unspecified atom stereocenters. The van der Waals surface area contributed by atoms with Crippen LogP contribution < -0.4 is 0 Å². The van der Waals surface area contributed by atoms with Gasteiger partial charge in [-0.05, 0) is 6.92 Å². The fourth-order valence-corrected chi connectivity index (χ4v) is 14.5. The number of carboxylic acids is 1. The van der Waals surface area contributed by atoms with Crippen LogP contribution in [0.5, 0.6) is 0 Å². The summed E-state index contributed by atoms with van der Waals surface area (Å²) >= 11 is -1.12. The Kier molecular flexibility index (Phi) is 13.2. The Hall–Kier alpha value is 0.00870. The van der Waals surface area contributed by atoms with Crippen molar-refractivity contribution in [2.45, 2.75) is 79.5 Å². The van der Waals surface area contributed by atoms with Crippen LogP contribution >= 0.6 is 0 Å². The number of carboxylic acid groups (broad SMARTS) is 1. The van der Waals surface area contributed by atoms with E-state index in [0.29, 0.717) is 0 Å². The van der Waals surface area contributed by atoms with Gasteiger partial charge in [0.25, 0.3) is 0 Å². The second-order valence-electron chi connectivity index (χ2n) is 5.51. The van der Waals surface area contributed by atoms with Crippen molar-refractivity contribution < 1.29 is 9.90 Å². The molecule has 0 aromatic carbocycles. The Balaban J connectivity index is 0. The summed E-state index contributed by atoms with van der Waals surface area (Å²) in [7, 11) is 0. The van der Waals surface area contributed by atoms with Gasteiger partial charge in [0.05, 0.1) is 0 Å². The average molecular weight is 376 g/mol. The van der Waals surface area contributed by atoms with E-state index in [1.807, 2.05) is 0 Å². The molecule has 0 bridgehead atoms. The monoisotopic (exact) mass is 377 g/mol. The number of hydrogen-bond donors (Lipinski definition) is 1. The molecule has 0 amide bonds. The summed E-state index contributed by atoms with van der Waals surface area (Å²) in [5, 5.41) is 7.89. The Labute approximate surface area is 127 Å². The topological polar surface area (TPSA) is 37.3 Å². The van der Waals surface area contributed by atoms with Gasteiger partial charge in [0.15, 0.2) is 0 Å². The first-order valence-electron chi connectivity index (χ1n) is 7.48. The third-order valence-corrected chi connectivity index (χ3v) is 17.1. The second kappa shape index (κ2) is 11.8. The molecule has 2 nitrogen and oxygen atoms in total. The maximum atomic E-state index is 9.60. The first-order valence-corrected chi connectivity index (χ1v) is 12.4. The summed E-state index contributed by atoms with van der Waals surface area (Å²) in [6.45, 7) is 19.2. The molecule has 0 saturated heterocycles. The minimum atomic E-state index is -1.12. The Morgan fingerprint density at radius 1 is 1.00 bits per heavy atom. The van der Waals surface area contributed by atoms with Gasteiger partial charge in [-0.3, -0.25) is 0 Å². The van der Waals surface area contributed by atoms with Crippen LogP contribution in [0.2, 0.25) is 11.8 Å². The third kappa shape index (κ3) is 9.53. The molecule has 0 spiro atoms. The third-order valence-electron chi connectivity index (χ3n) is 3.91. The van der Waals surface area contributed by atoms with E-state index in [9.17, 15) is 4.79 Å². The predicted octanol–water partition coefficient (Wildman–Crippen LogP) is 5.53. The fraction of sp³-hybridized carbons (Fsp3) is 0.812. The van der Waals surface area contributed by atoms with Crippen LogP contribution in [-0.2, 0) is 4.79 Å². The van der Waals surface area contributed by atoms with Crippen LogP contribution in [0.1, 0.15) is 67.7 Å².